The van der Waals surface area contributed by atoms with E-state index in [9.17, 15) is 4.79 Å². The van der Waals surface area contributed by atoms with E-state index in [0.717, 1.165) is 17.7 Å². The minimum Gasteiger partial charge on any atom is -0.397 e. The molecule has 0 saturated heterocycles. The van der Waals surface area contributed by atoms with Crippen LogP contribution in [0.2, 0.25) is 0 Å². The Morgan fingerprint density at radius 2 is 2.33 bits per heavy atom. The molecule has 0 aliphatic carbocycles. The predicted molar refractivity (Wildman–Crippen MR) is 67.5 cm³/mol. The highest BCUT2D eigenvalue weighted by Crippen LogP contribution is 2.34. The van der Waals surface area contributed by atoms with Gasteiger partial charge in [-0.25, -0.2) is 0 Å². The number of carbonyl (C=O) groups excluding carboxylic acids is 1. The number of amides is 1. The molecule has 0 fully saturated rings. The van der Waals surface area contributed by atoms with E-state index < -0.39 is 0 Å². The monoisotopic (exact) mass is 243 g/mol. The molecule has 0 unspecified atom stereocenters. The van der Waals surface area contributed by atoms with Crippen LogP contribution in [0.1, 0.15) is 21.8 Å². The van der Waals surface area contributed by atoms with Crippen LogP contribution in [0.4, 0.5) is 11.4 Å². The summed E-state index contributed by atoms with van der Waals surface area (Å²) in [7, 11) is 0. The van der Waals surface area contributed by atoms with Gasteiger partial charge in [0, 0.05) is 12.6 Å². The number of rotatable bonds is 1. The van der Waals surface area contributed by atoms with E-state index in [1.807, 2.05) is 12.1 Å². The maximum absolute atomic E-state index is 12.3. The number of hydrogen-bond acceptors (Lipinski definition) is 4. The number of para-hydroxylation sites is 1. The molecule has 92 valence electrons. The maximum Gasteiger partial charge on any atom is 0.296 e. The first-order valence-corrected chi connectivity index (χ1v) is 5.79. The van der Waals surface area contributed by atoms with Crippen molar-refractivity contribution < 1.29 is 9.32 Å². The molecule has 1 aromatic carbocycles. The lowest BCUT2D eigenvalue weighted by molar-refractivity contribution is 0.0954. The van der Waals surface area contributed by atoms with E-state index in [-0.39, 0.29) is 11.7 Å². The third kappa shape index (κ3) is 1.55. The first-order valence-electron chi connectivity index (χ1n) is 5.79. The van der Waals surface area contributed by atoms with Crippen molar-refractivity contribution in [2.45, 2.75) is 13.3 Å². The van der Waals surface area contributed by atoms with Crippen LogP contribution in [-0.4, -0.2) is 17.6 Å². The highest BCUT2D eigenvalue weighted by Gasteiger charge is 2.29. The fourth-order valence-corrected chi connectivity index (χ4v) is 2.29. The average molecular weight is 243 g/mol. The average Bonchev–Trinajstić information content (AvgIpc) is 2.95. The van der Waals surface area contributed by atoms with Crippen LogP contribution in [-0.2, 0) is 6.42 Å². The number of benzene rings is 1. The molecule has 0 atom stereocenters. The molecule has 1 aromatic heterocycles. The molecule has 3 rings (SSSR count). The highest BCUT2D eigenvalue weighted by atomic mass is 16.5. The fraction of sp³-hybridized carbons (Fsp3) is 0.231. The van der Waals surface area contributed by atoms with Crippen molar-refractivity contribution in [2.24, 2.45) is 0 Å². The summed E-state index contributed by atoms with van der Waals surface area (Å²) < 4.78 is 5.01. The van der Waals surface area contributed by atoms with E-state index in [2.05, 4.69) is 5.16 Å². The third-order valence-electron chi connectivity index (χ3n) is 3.11. The van der Waals surface area contributed by atoms with Gasteiger partial charge in [0.05, 0.1) is 17.1 Å². The van der Waals surface area contributed by atoms with Gasteiger partial charge in [-0.2, -0.15) is 0 Å². The van der Waals surface area contributed by atoms with Crippen LogP contribution in [0.3, 0.4) is 0 Å². The number of carbonyl (C=O) groups is 1. The van der Waals surface area contributed by atoms with Crippen LogP contribution >= 0.6 is 0 Å². The Labute approximate surface area is 104 Å². The van der Waals surface area contributed by atoms with Crippen molar-refractivity contribution >= 4 is 17.3 Å². The number of anilines is 2. The number of hydrogen-bond donors (Lipinski definition) is 1. The summed E-state index contributed by atoms with van der Waals surface area (Å²) in [5.74, 6) is 0.0656. The van der Waals surface area contributed by atoms with Crippen molar-refractivity contribution in [1.82, 2.24) is 5.16 Å². The molecular weight excluding hydrogens is 230 g/mol. The SMILES string of the molecule is Cc1cc(C(=O)N2CCc3cccc(N)c32)on1. The van der Waals surface area contributed by atoms with Crippen molar-refractivity contribution in [3.63, 3.8) is 0 Å². The first-order chi connectivity index (χ1) is 8.66. The molecule has 5 nitrogen and oxygen atoms in total. The van der Waals surface area contributed by atoms with Crippen molar-refractivity contribution in [3.8, 4) is 0 Å². The number of nitrogens with zero attached hydrogens (tertiary/aromatic N) is 2. The lowest BCUT2D eigenvalue weighted by Crippen LogP contribution is -2.29. The summed E-state index contributed by atoms with van der Waals surface area (Å²) in [5.41, 5.74) is 9.16. The molecule has 0 bridgehead atoms. The molecule has 1 amide bonds. The first kappa shape index (κ1) is 10.8. The van der Waals surface area contributed by atoms with Gasteiger partial charge in [-0.15, -0.1) is 0 Å². The summed E-state index contributed by atoms with van der Waals surface area (Å²) in [6.45, 7) is 2.41. The van der Waals surface area contributed by atoms with E-state index in [1.165, 1.54) is 0 Å². The fourth-order valence-electron chi connectivity index (χ4n) is 2.29. The molecule has 2 aromatic rings. The molecule has 2 N–H and O–H groups in total. The Balaban J connectivity index is 2.00. The topological polar surface area (TPSA) is 72.4 Å². The van der Waals surface area contributed by atoms with E-state index in [0.29, 0.717) is 17.9 Å². The van der Waals surface area contributed by atoms with Gasteiger partial charge in [-0.05, 0) is 25.0 Å². The second-order valence-corrected chi connectivity index (χ2v) is 4.39. The smallest absolute Gasteiger partial charge is 0.296 e. The molecular formula is C13H13N3O2. The Bertz CT molecular complexity index is 618. The molecule has 5 heteroatoms. The summed E-state index contributed by atoms with van der Waals surface area (Å²) in [5, 5.41) is 3.73. The zero-order chi connectivity index (χ0) is 12.7. The Kier molecular flexibility index (Phi) is 2.33. The number of aromatic nitrogens is 1. The van der Waals surface area contributed by atoms with Crippen LogP contribution < -0.4 is 10.6 Å². The van der Waals surface area contributed by atoms with Gasteiger partial charge >= 0.3 is 0 Å². The molecule has 18 heavy (non-hydrogen) atoms. The zero-order valence-electron chi connectivity index (χ0n) is 10.0. The van der Waals surface area contributed by atoms with Gasteiger partial charge in [0.25, 0.3) is 5.91 Å². The number of nitrogens with two attached hydrogens (primary N) is 1. The number of nitrogen functional groups attached to an aromatic ring is 1. The molecule has 0 saturated carbocycles. The van der Waals surface area contributed by atoms with Crippen molar-refractivity contribution in [1.29, 1.82) is 0 Å². The van der Waals surface area contributed by atoms with E-state index in [1.54, 1.807) is 24.0 Å². The quantitative estimate of drug-likeness (QED) is 0.775. The Morgan fingerprint density at radius 1 is 1.50 bits per heavy atom. The second-order valence-electron chi connectivity index (χ2n) is 4.39. The van der Waals surface area contributed by atoms with Gasteiger partial charge in [0.2, 0.25) is 5.76 Å². The summed E-state index contributed by atoms with van der Waals surface area (Å²) in [6.07, 6.45) is 0.819. The van der Waals surface area contributed by atoms with Crippen LogP contribution in [0.5, 0.6) is 0 Å². The minimum atomic E-state index is -0.188. The molecule has 0 spiro atoms. The summed E-state index contributed by atoms with van der Waals surface area (Å²) in [4.78, 5) is 14.0. The van der Waals surface area contributed by atoms with Gasteiger partial charge in [-0.1, -0.05) is 17.3 Å². The van der Waals surface area contributed by atoms with Crippen molar-refractivity contribution in [2.75, 3.05) is 17.2 Å². The van der Waals surface area contributed by atoms with Gasteiger partial charge < -0.3 is 15.2 Å². The largest absolute Gasteiger partial charge is 0.397 e. The maximum atomic E-state index is 12.3. The van der Waals surface area contributed by atoms with Crippen molar-refractivity contribution in [3.05, 3.63) is 41.3 Å². The van der Waals surface area contributed by atoms with Crippen LogP contribution in [0, 0.1) is 6.92 Å². The van der Waals surface area contributed by atoms with Gasteiger partial charge in [0.15, 0.2) is 0 Å². The number of aryl methyl sites for hydroxylation is 1. The molecule has 1 aliphatic rings. The number of fused-ring (bicyclic) bond motifs is 1. The van der Waals surface area contributed by atoms with E-state index >= 15 is 0 Å². The minimum absolute atomic E-state index is 0.188. The molecule has 1 aliphatic heterocycles. The third-order valence-corrected chi connectivity index (χ3v) is 3.11. The zero-order valence-corrected chi connectivity index (χ0v) is 10.0. The lowest BCUT2D eigenvalue weighted by Gasteiger charge is -2.17. The second kappa shape index (κ2) is 3.87. The standard InChI is InChI=1S/C13H13N3O2/c1-8-7-11(18-15-8)13(17)16-6-5-9-3-2-4-10(14)12(9)16/h2-4,7H,5-6,14H2,1H3. The summed E-state index contributed by atoms with van der Waals surface area (Å²) >= 11 is 0. The normalized spacial score (nSPS) is 13.7. The van der Waals surface area contributed by atoms with Crippen LogP contribution in [0.15, 0.2) is 28.8 Å². The Hall–Kier alpha value is -2.30. The molecule has 0 radical (unpaired) electrons. The molecule has 2 heterocycles. The van der Waals surface area contributed by atoms with Crippen LogP contribution in [0.25, 0.3) is 0 Å². The Morgan fingerprint density at radius 3 is 3.06 bits per heavy atom. The van der Waals surface area contributed by atoms with Gasteiger partial charge in [-0.3, -0.25) is 4.79 Å². The predicted octanol–water partition coefficient (Wildman–Crippen LogP) is 1.77. The summed E-state index contributed by atoms with van der Waals surface area (Å²) in [6, 6.07) is 7.33. The van der Waals surface area contributed by atoms with Gasteiger partial charge in [0.1, 0.15) is 0 Å². The lowest BCUT2D eigenvalue weighted by atomic mass is 10.1. The van der Waals surface area contributed by atoms with E-state index in [4.69, 9.17) is 10.3 Å². The highest BCUT2D eigenvalue weighted by molar-refractivity contribution is 6.07.